The minimum absolute atomic E-state index is 0.206. The van der Waals surface area contributed by atoms with E-state index in [2.05, 4.69) is 0 Å². The zero-order chi connectivity index (χ0) is 17.7. The normalized spacial score (nSPS) is 11.3. The summed E-state index contributed by atoms with van der Waals surface area (Å²) in [6.45, 7) is 5.22. The smallest absolute Gasteiger partial charge is 0.323 e. The lowest BCUT2D eigenvalue weighted by atomic mass is 9.88. The van der Waals surface area contributed by atoms with Crippen molar-refractivity contribution in [2.75, 3.05) is 6.54 Å². The van der Waals surface area contributed by atoms with Crippen molar-refractivity contribution in [3.63, 3.8) is 0 Å². The standard InChI is InChI=1S/C20H23NO3/c1-20(2,3)21(14-17(22)23)19(24)18(15-10-6-4-7-11-15)16-12-8-5-9-13-16/h4-13,18H,14H2,1-3H3,(H,22,23). The molecule has 4 nitrogen and oxygen atoms in total. The summed E-state index contributed by atoms with van der Waals surface area (Å²) in [5.41, 5.74) is 1.12. The number of benzene rings is 2. The number of carboxylic acids is 1. The lowest BCUT2D eigenvalue weighted by Crippen LogP contribution is -2.50. The van der Waals surface area contributed by atoms with E-state index in [9.17, 15) is 14.7 Å². The predicted molar refractivity (Wildman–Crippen MR) is 93.8 cm³/mol. The van der Waals surface area contributed by atoms with Crippen molar-refractivity contribution in [1.29, 1.82) is 0 Å². The maximum atomic E-state index is 13.3. The second-order valence-corrected chi connectivity index (χ2v) is 6.74. The third kappa shape index (κ3) is 4.22. The van der Waals surface area contributed by atoms with Crippen molar-refractivity contribution in [3.05, 3.63) is 71.8 Å². The Kier molecular flexibility index (Phi) is 5.39. The average Bonchev–Trinajstić information content (AvgIpc) is 2.53. The largest absolute Gasteiger partial charge is 0.480 e. The van der Waals surface area contributed by atoms with Crippen molar-refractivity contribution < 1.29 is 14.7 Å². The molecule has 0 heterocycles. The fourth-order valence-corrected chi connectivity index (χ4v) is 2.71. The number of carbonyl (C=O) groups is 2. The van der Waals surface area contributed by atoms with E-state index in [-0.39, 0.29) is 12.5 Å². The van der Waals surface area contributed by atoms with Crippen LogP contribution in [0.25, 0.3) is 0 Å². The SMILES string of the molecule is CC(C)(C)N(CC(=O)O)C(=O)C(c1ccccc1)c1ccccc1. The van der Waals surface area contributed by atoms with Gasteiger partial charge in [0.1, 0.15) is 6.54 Å². The van der Waals surface area contributed by atoms with Gasteiger partial charge >= 0.3 is 5.97 Å². The maximum Gasteiger partial charge on any atom is 0.323 e. The molecule has 24 heavy (non-hydrogen) atoms. The summed E-state index contributed by atoms with van der Waals surface area (Å²) in [5, 5.41) is 9.23. The molecule has 0 aliphatic rings. The number of rotatable bonds is 5. The molecule has 0 saturated carbocycles. The first-order valence-corrected chi connectivity index (χ1v) is 7.94. The van der Waals surface area contributed by atoms with Gasteiger partial charge in [-0.25, -0.2) is 0 Å². The van der Waals surface area contributed by atoms with Gasteiger partial charge < -0.3 is 10.0 Å². The van der Waals surface area contributed by atoms with Crippen LogP contribution in [0.15, 0.2) is 60.7 Å². The van der Waals surface area contributed by atoms with Crippen LogP contribution in [0.4, 0.5) is 0 Å². The van der Waals surface area contributed by atoms with Crippen molar-refractivity contribution in [3.8, 4) is 0 Å². The molecule has 2 rings (SSSR count). The molecule has 2 aromatic carbocycles. The molecular weight excluding hydrogens is 302 g/mol. The first-order chi connectivity index (χ1) is 11.3. The highest BCUT2D eigenvalue weighted by Gasteiger charge is 2.34. The van der Waals surface area contributed by atoms with Gasteiger partial charge in [-0.15, -0.1) is 0 Å². The van der Waals surface area contributed by atoms with E-state index in [4.69, 9.17) is 0 Å². The average molecular weight is 325 g/mol. The van der Waals surface area contributed by atoms with Crippen LogP contribution in [0.2, 0.25) is 0 Å². The number of hydrogen-bond donors (Lipinski definition) is 1. The van der Waals surface area contributed by atoms with Gasteiger partial charge in [0.05, 0.1) is 5.92 Å². The van der Waals surface area contributed by atoms with Gasteiger partial charge in [-0.1, -0.05) is 60.7 Å². The van der Waals surface area contributed by atoms with Crippen LogP contribution in [0.3, 0.4) is 0 Å². The monoisotopic (exact) mass is 325 g/mol. The van der Waals surface area contributed by atoms with Crippen LogP contribution < -0.4 is 0 Å². The Morgan fingerprint density at radius 1 is 0.917 bits per heavy atom. The number of aliphatic carboxylic acids is 1. The number of hydrogen-bond acceptors (Lipinski definition) is 2. The molecule has 4 heteroatoms. The molecule has 2 aromatic rings. The Morgan fingerprint density at radius 3 is 1.67 bits per heavy atom. The Hall–Kier alpha value is -2.62. The maximum absolute atomic E-state index is 13.3. The summed E-state index contributed by atoms with van der Waals surface area (Å²) < 4.78 is 0. The molecule has 0 aliphatic heterocycles. The fourth-order valence-electron chi connectivity index (χ4n) is 2.71. The minimum Gasteiger partial charge on any atom is -0.480 e. The lowest BCUT2D eigenvalue weighted by molar-refractivity contribution is -0.148. The van der Waals surface area contributed by atoms with Crippen molar-refractivity contribution in [1.82, 2.24) is 4.90 Å². The van der Waals surface area contributed by atoms with E-state index >= 15 is 0 Å². The van der Waals surface area contributed by atoms with E-state index in [0.717, 1.165) is 11.1 Å². The topological polar surface area (TPSA) is 57.6 Å². The molecule has 0 spiro atoms. The zero-order valence-electron chi connectivity index (χ0n) is 14.3. The highest BCUT2D eigenvalue weighted by molar-refractivity contribution is 5.90. The Bertz CT molecular complexity index is 650. The fraction of sp³-hybridized carbons (Fsp3) is 0.300. The van der Waals surface area contributed by atoms with Crippen molar-refractivity contribution in [2.45, 2.75) is 32.2 Å². The van der Waals surface area contributed by atoms with Crippen LogP contribution in [0.1, 0.15) is 37.8 Å². The molecule has 1 N–H and O–H groups in total. The first-order valence-electron chi connectivity index (χ1n) is 7.94. The van der Waals surface area contributed by atoms with Crippen molar-refractivity contribution >= 4 is 11.9 Å². The molecule has 0 aromatic heterocycles. The molecule has 0 fully saturated rings. The number of nitrogens with zero attached hydrogens (tertiary/aromatic N) is 1. The van der Waals surface area contributed by atoms with Gasteiger partial charge in [-0.2, -0.15) is 0 Å². The molecule has 0 radical (unpaired) electrons. The zero-order valence-corrected chi connectivity index (χ0v) is 14.3. The second-order valence-electron chi connectivity index (χ2n) is 6.74. The van der Waals surface area contributed by atoms with E-state index in [1.54, 1.807) is 0 Å². The highest BCUT2D eigenvalue weighted by Crippen LogP contribution is 2.29. The van der Waals surface area contributed by atoms with Crippen LogP contribution in [-0.2, 0) is 9.59 Å². The Morgan fingerprint density at radius 2 is 1.33 bits per heavy atom. The van der Waals surface area contributed by atoms with E-state index in [0.29, 0.717) is 0 Å². The van der Waals surface area contributed by atoms with E-state index in [1.165, 1.54) is 4.90 Å². The summed E-state index contributed by atoms with van der Waals surface area (Å²) >= 11 is 0. The van der Waals surface area contributed by atoms with Crippen LogP contribution in [0, 0.1) is 0 Å². The summed E-state index contributed by atoms with van der Waals surface area (Å²) in [6.07, 6.45) is 0. The summed E-state index contributed by atoms with van der Waals surface area (Å²) in [5.74, 6) is -1.74. The van der Waals surface area contributed by atoms with Gasteiger partial charge in [0.25, 0.3) is 0 Å². The number of amides is 1. The quantitative estimate of drug-likeness (QED) is 0.915. The molecule has 0 atom stereocenters. The molecule has 1 amide bonds. The molecule has 0 aliphatic carbocycles. The summed E-state index contributed by atoms with van der Waals surface area (Å²) in [6, 6.07) is 18.9. The van der Waals surface area contributed by atoms with Gasteiger partial charge in [0, 0.05) is 5.54 Å². The van der Waals surface area contributed by atoms with Crippen molar-refractivity contribution in [2.24, 2.45) is 0 Å². The van der Waals surface area contributed by atoms with Gasteiger partial charge in [-0.3, -0.25) is 9.59 Å². The lowest BCUT2D eigenvalue weighted by Gasteiger charge is -2.37. The third-order valence-corrected chi connectivity index (χ3v) is 3.88. The number of carboxylic acid groups (broad SMARTS) is 1. The minimum atomic E-state index is -1.02. The Labute approximate surface area is 142 Å². The molecule has 126 valence electrons. The van der Waals surface area contributed by atoms with Gasteiger partial charge in [0.2, 0.25) is 5.91 Å². The highest BCUT2D eigenvalue weighted by atomic mass is 16.4. The molecule has 0 bridgehead atoms. The summed E-state index contributed by atoms with van der Waals surface area (Å²) in [7, 11) is 0. The van der Waals surface area contributed by atoms with Crippen LogP contribution in [-0.4, -0.2) is 34.0 Å². The second kappa shape index (κ2) is 7.30. The molecule has 0 unspecified atom stereocenters. The molecule has 0 saturated heterocycles. The van der Waals surface area contributed by atoms with Crippen LogP contribution in [0.5, 0.6) is 0 Å². The first kappa shape index (κ1) is 17.7. The Balaban J connectivity index is 2.50. The van der Waals surface area contributed by atoms with Gasteiger partial charge in [0.15, 0.2) is 0 Å². The number of carbonyl (C=O) groups excluding carboxylic acids is 1. The third-order valence-electron chi connectivity index (χ3n) is 3.88. The van der Waals surface area contributed by atoms with E-state index < -0.39 is 17.4 Å². The summed E-state index contributed by atoms with van der Waals surface area (Å²) in [4.78, 5) is 26.0. The van der Waals surface area contributed by atoms with Crippen LogP contribution >= 0.6 is 0 Å². The van der Waals surface area contributed by atoms with Gasteiger partial charge in [-0.05, 0) is 31.9 Å². The molecular formula is C20H23NO3. The van der Waals surface area contributed by atoms with E-state index in [1.807, 2.05) is 81.4 Å². The predicted octanol–water partition coefficient (Wildman–Crippen LogP) is 3.53.